The number of fused-ring (bicyclic) bond motifs is 3. The Morgan fingerprint density at radius 1 is 0.958 bits per heavy atom. The van der Waals surface area contributed by atoms with Crippen molar-refractivity contribution in [3.05, 3.63) is 54.1 Å². The average molecular weight is 320 g/mol. The van der Waals surface area contributed by atoms with Crippen molar-refractivity contribution in [1.29, 1.82) is 0 Å². The SMILES string of the molecule is [HH].c1ccc2nc(CCc3nc4cc5c(cc4[nH]3)OCO5)cnc2c1. The molecule has 3 heterocycles. The molecule has 0 bridgehead atoms. The van der Waals surface area contributed by atoms with E-state index in [1.54, 1.807) is 0 Å². The molecule has 120 valence electrons. The van der Waals surface area contributed by atoms with Gasteiger partial charge in [0.2, 0.25) is 6.79 Å². The monoisotopic (exact) mass is 320 g/mol. The van der Waals surface area contributed by atoms with Crippen LogP contribution >= 0.6 is 0 Å². The van der Waals surface area contributed by atoms with Gasteiger partial charge in [-0.15, -0.1) is 0 Å². The second-order valence-corrected chi connectivity index (χ2v) is 5.76. The Labute approximate surface area is 139 Å². The maximum atomic E-state index is 5.40. The van der Waals surface area contributed by atoms with Gasteiger partial charge >= 0.3 is 0 Å². The van der Waals surface area contributed by atoms with E-state index in [1.807, 2.05) is 42.6 Å². The summed E-state index contributed by atoms with van der Waals surface area (Å²) in [6.07, 6.45) is 3.39. The minimum absolute atomic E-state index is 0. The van der Waals surface area contributed by atoms with Gasteiger partial charge in [0.05, 0.1) is 27.8 Å². The molecule has 6 heteroatoms. The topological polar surface area (TPSA) is 72.9 Å². The van der Waals surface area contributed by atoms with Gasteiger partial charge in [-0.3, -0.25) is 4.98 Å². The third-order valence-electron chi connectivity index (χ3n) is 4.14. The molecule has 1 aliphatic rings. The Hall–Kier alpha value is -3.15. The summed E-state index contributed by atoms with van der Waals surface area (Å²) in [5, 5.41) is 0. The number of H-pyrrole nitrogens is 1. The number of imidazole rings is 1. The van der Waals surface area contributed by atoms with Gasteiger partial charge in [-0.05, 0) is 18.6 Å². The van der Waals surface area contributed by atoms with E-state index in [2.05, 4.69) is 19.9 Å². The van der Waals surface area contributed by atoms with Crippen LogP contribution in [0.3, 0.4) is 0 Å². The number of aryl methyl sites for hydroxylation is 2. The highest BCUT2D eigenvalue weighted by molar-refractivity contribution is 5.80. The predicted octanol–water partition coefficient (Wildman–Crippen LogP) is 3.27. The number of rotatable bonds is 3. The number of nitrogens with one attached hydrogen (secondary N) is 1. The van der Waals surface area contributed by atoms with Gasteiger partial charge in [0.1, 0.15) is 5.82 Å². The maximum Gasteiger partial charge on any atom is 0.231 e. The lowest BCUT2D eigenvalue weighted by Crippen LogP contribution is -1.97. The molecule has 0 saturated carbocycles. The van der Waals surface area contributed by atoms with Crippen LogP contribution in [0.15, 0.2) is 42.6 Å². The van der Waals surface area contributed by atoms with Crippen LogP contribution in [0.5, 0.6) is 11.5 Å². The average Bonchev–Trinajstić information content (AvgIpc) is 3.22. The number of ether oxygens (including phenoxy) is 2. The molecule has 2 aromatic carbocycles. The maximum absolute atomic E-state index is 5.40. The van der Waals surface area contributed by atoms with E-state index in [9.17, 15) is 0 Å². The lowest BCUT2D eigenvalue weighted by Gasteiger charge is -2.01. The first kappa shape index (κ1) is 13.3. The first-order chi connectivity index (χ1) is 11.8. The molecule has 0 fully saturated rings. The number of hydrogen-bond donors (Lipinski definition) is 1. The van der Waals surface area contributed by atoms with Crippen molar-refractivity contribution in [3.63, 3.8) is 0 Å². The summed E-state index contributed by atoms with van der Waals surface area (Å²) < 4.78 is 10.8. The fraction of sp³-hybridized carbons (Fsp3) is 0.167. The number of nitrogens with zero attached hydrogens (tertiary/aromatic N) is 3. The number of para-hydroxylation sites is 2. The zero-order valence-electron chi connectivity index (χ0n) is 12.8. The summed E-state index contributed by atoms with van der Waals surface area (Å²) in [7, 11) is 0. The predicted molar refractivity (Wildman–Crippen MR) is 91.3 cm³/mol. The Morgan fingerprint density at radius 2 is 1.79 bits per heavy atom. The second-order valence-electron chi connectivity index (χ2n) is 5.76. The van der Waals surface area contributed by atoms with Crippen LogP contribution < -0.4 is 9.47 Å². The molecule has 5 rings (SSSR count). The Balaban J connectivity index is 0.00000157. The minimum Gasteiger partial charge on any atom is -0.454 e. The van der Waals surface area contributed by atoms with E-state index >= 15 is 0 Å². The molecule has 0 atom stereocenters. The van der Waals surface area contributed by atoms with Gasteiger partial charge in [0.15, 0.2) is 11.5 Å². The highest BCUT2D eigenvalue weighted by Gasteiger charge is 2.16. The van der Waals surface area contributed by atoms with Crippen molar-refractivity contribution >= 4 is 22.1 Å². The van der Waals surface area contributed by atoms with Crippen molar-refractivity contribution in [2.45, 2.75) is 12.8 Å². The zero-order chi connectivity index (χ0) is 15.9. The second kappa shape index (κ2) is 5.19. The summed E-state index contributed by atoms with van der Waals surface area (Å²) in [6.45, 7) is 0.273. The smallest absolute Gasteiger partial charge is 0.231 e. The first-order valence-electron chi connectivity index (χ1n) is 7.84. The Kier molecular flexibility index (Phi) is 2.88. The van der Waals surface area contributed by atoms with E-state index in [4.69, 9.17) is 9.47 Å². The van der Waals surface area contributed by atoms with Gasteiger partial charge in [-0.2, -0.15) is 0 Å². The molecular weight excluding hydrogens is 304 g/mol. The summed E-state index contributed by atoms with van der Waals surface area (Å²) in [5.41, 5.74) is 4.64. The van der Waals surface area contributed by atoms with E-state index in [0.29, 0.717) is 0 Å². The Bertz CT molecular complexity index is 1020. The summed E-state index contributed by atoms with van der Waals surface area (Å²) in [6, 6.07) is 11.7. The molecule has 1 N–H and O–H groups in total. The van der Waals surface area contributed by atoms with E-state index in [1.165, 1.54) is 0 Å². The summed E-state index contributed by atoms with van der Waals surface area (Å²) in [4.78, 5) is 17.1. The van der Waals surface area contributed by atoms with Gasteiger partial charge in [-0.1, -0.05) is 12.1 Å². The molecule has 0 aliphatic carbocycles. The molecule has 0 spiro atoms. The Morgan fingerprint density at radius 3 is 2.71 bits per heavy atom. The molecule has 24 heavy (non-hydrogen) atoms. The lowest BCUT2D eigenvalue weighted by atomic mass is 10.2. The van der Waals surface area contributed by atoms with Crippen LogP contribution in [0.2, 0.25) is 0 Å². The van der Waals surface area contributed by atoms with Crippen molar-refractivity contribution in [2.75, 3.05) is 6.79 Å². The molecule has 0 saturated heterocycles. The lowest BCUT2D eigenvalue weighted by molar-refractivity contribution is 0.174. The standard InChI is InChI=1S/C18H14N4O2.H2/c1-2-4-13-12(3-1)19-9-11(20-13)5-6-18-21-14-7-16-17(24-10-23-16)8-15(14)22-18;/h1-4,7-9H,5-6,10H2,(H,21,22);1H. The fourth-order valence-corrected chi connectivity index (χ4v) is 2.93. The molecule has 1 aliphatic heterocycles. The third-order valence-corrected chi connectivity index (χ3v) is 4.14. The van der Waals surface area contributed by atoms with Crippen molar-refractivity contribution in [1.82, 2.24) is 19.9 Å². The van der Waals surface area contributed by atoms with Crippen LogP contribution in [0.4, 0.5) is 0 Å². The highest BCUT2D eigenvalue weighted by Crippen LogP contribution is 2.35. The fourth-order valence-electron chi connectivity index (χ4n) is 2.93. The molecule has 0 radical (unpaired) electrons. The molecule has 4 aromatic rings. The van der Waals surface area contributed by atoms with E-state index in [0.717, 1.165) is 57.9 Å². The minimum atomic E-state index is 0. The number of aromatic nitrogens is 4. The van der Waals surface area contributed by atoms with Crippen molar-refractivity contribution < 1.29 is 10.9 Å². The largest absolute Gasteiger partial charge is 0.454 e. The van der Waals surface area contributed by atoms with Crippen LogP contribution in [-0.2, 0) is 12.8 Å². The molecule has 0 unspecified atom stereocenters. The first-order valence-corrected chi connectivity index (χ1v) is 7.84. The van der Waals surface area contributed by atoms with Gasteiger partial charge in [0, 0.05) is 26.2 Å². The quantitative estimate of drug-likeness (QED) is 0.627. The van der Waals surface area contributed by atoms with Crippen LogP contribution in [0.25, 0.3) is 22.1 Å². The summed E-state index contributed by atoms with van der Waals surface area (Å²) in [5.74, 6) is 2.43. The molecule has 0 amide bonds. The normalized spacial score (nSPS) is 13.0. The van der Waals surface area contributed by atoms with Crippen molar-refractivity contribution in [3.8, 4) is 11.5 Å². The third kappa shape index (κ3) is 2.23. The van der Waals surface area contributed by atoms with Gasteiger partial charge < -0.3 is 14.5 Å². The molecular formula is C18H16N4O2. The van der Waals surface area contributed by atoms with E-state index in [-0.39, 0.29) is 8.22 Å². The van der Waals surface area contributed by atoms with Gasteiger partial charge in [0.25, 0.3) is 0 Å². The number of benzene rings is 2. The molecule has 6 nitrogen and oxygen atoms in total. The highest BCUT2D eigenvalue weighted by atomic mass is 16.7. The van der Waals surface area contributed by atoms with Crippen LogP contribution in [0, 0.1) is 0 Å². The zero-order valence-corrected chi connectivity index (χ0v) is 12.8. The van der Waals surface area contributed by atoms with Crippen LogP contribution in [-0.4, -0.2) is 26.7 Å². The number of hydrogen-bond acceptors (Lipinski definition) is 5. The summed E-state index contributed by atoms with van der Waals surface area (Å²) >= 11 is 0. The van der Waals surface area contributed by atoms with Crippen LogP contribution in [0.1, 0.15) is 12.9 Å². The van der Waals surface area contributed by atoms with Crippen molar-refractivity contribution in [2.24, 2.45) is 0 Å². The number of aromatic amines is 1. The van der Waals surface area contributed by atoms with E-state index < -0.39 is 0 Å². The van der Waals surface area contributed by atoms with Gasteiger partial charge in [-0.25, -0.2) is 9.97 Å². The molecule has 2 aromatic heterocycles.